The van der Waals surface area contributed by atoms with Gasteiger partial charge < -0.3 is 19.1 Å². The fourth-order valence-electron chi connectivity index (χ4n) is 11.1. The summed E-state index contributed by atoms with van der Waals surface area (Å²) in [6.07, 6.45) is 10.2. The second-order valence-corrected chi connectivity index (χ2v) is 20.1. The summed E-state index contributed by atoms with van der Waals surface area (Å²) in [5.74, 6) is 0.250. The minimum absolute atomic E-state index is 0.185. The van der Waals surface area contributed by atoms with E-state index >= 15 is 0 Å². The number of benzene rings is 3. The van der Waals surface area contributed by atoms with Crippen molar-refractivity contribution in [2.45, 2.75) is 74.3 Å². The average Bonchev–Trinajstić information content (AvgIpc) is 3.37. The first-order valence-electron chi connectivity index (χ1n) is 21.3. The number of rotatable bonds is 4. The lowest BCUT2D eigenvalue weighted by atomic mass is 9.66. The first-order valence-corrected chi connectivity index (χ1v) is 23.2. The Balaban J connectivity index is 1.14. The summed E-state index contributed by atoms with van der Waals surface area (Å²) in [6.45, 7) is 9.00. The zero-order valence-corrected chi connectivity index (χ0v) is 35.4. The second kappa shape index (κ2) is 16.2. The zero-order valence-electron chi connectivity index (χ0n) is 33.8. The second-order valence-electron chi connectivity index (χ2n) is 17.7. The van der Waals surface area contributed by atoms with E-state index < -0.39 is 26.9 Å². The third-order valence-corrected chi connectivity index (χ3v) is 16.5. The van der Waals surface area contributed by atoms with Crippen molar-refractivity contribution in [2.24, 2.45) is 17.8 Å². The van der Waals surface area contributed by atoms with E-state index in [-0.39, 0.29) is 35.6 Å². The molecule has 4 aliphatic heterocycles. The Morgan fingerprint density at radius 2 is 1.88 bits per heavy atom. The molecule has 310 valence electrons. The smallest absolute Gasteiger partial charge is 0.264 e. The molecule has 12 heteroatoms. The van der Waals surface area contributed by atoms with Gasteiger partial charge in [0.15, 0.2) is 0 Å². The summed E-state index contributed by atoms with van der Waals surface area (Å²) in [7, 11) is -2.27. The van der Waals surface area contributed by atoms with Crippen molar-refractivity contribution in [2.75, 3.05) is 71.1 Å². The van der Waals surface area contributed by atoms with Gasteiger partial charge >= 0.3 is 0 Å². The monoisotopic (exact) mass is 828 g/mol. The summed E-state index contributed by atoms with van der Waals surface area (Å²) >= 11 is 6.54. The van der Waals surface area contributed by atoms with Crippen LogP contribution < -0.4 is 14.4 Å². The van der Waals surface area contributed by atoms with E-state index in [4.69, 9.17) is 25.8 Å². The number of anilines is 1. The maximum absolute atomic E-state index is 14.4. The summed E-state index contributed by atoms with van der Waals surface area (Å²) in [4.78, 5) is 21.6. The van der Waals surface area contributed by atoms with E-state index in [0.29, 0.717) is 37.5 Å². The van der Waals surface area contributed by atoms with Gasteiger partial charge in [0.25, 0.3) is 5.91 Å². The lowest BCUT2D eigenvalue weighted by Gasteiger charge is -2.57. The highest BCUT2D eigenvalue weighted by atomic mass is 35.5. The van der Waals surface area contributed by atoms with Crippen LogP contribution in [0, 0.1) is 17.8 Å². The molecule has 7 atom stereocenters. The van der Waals surface area contributed by atoms with Crippen molar-refractivity contribution in [3.05, 3.63) is 106 Å². The molecule has 6 aliphatic rings. The zero-order chi connectivity index (χ0) is 40.1. The Morgan fingerprint density at radius 3 is 2.69 bits per heavy atom. The van der Waals surface area contributed by atoms with Crippen molar-refractivity contribution in [3.8, 4) is 5.75 Å². The largest absolute Gasteiger partial charge is 0.490 e. The van der Waals surface area contributed by atoms with Gasteiger partial charge in [0.1, 0.15) is 11.5 Å². The molecular formula is C46H57ClN4O6S. The molecule has 10 nitrogen and oxygen atoms in total. The number of fused-ring (bicyclic) bond motifs is 5. The third-order valence-electron chi connectivity index (χ3n) is 14.4. The van der Waals surface area contributed by atoms with E-state index in [9.17, 15) is 13.2 Å². The van der Waals surface area contributed by atoms with Crippen LogP contribution in [0.25, 0.3) is 0 Å². The number of sulfonamides is 1. The maximum atomic E-state index is 14.4. The predicted octanol–water partition coefficient (Wildman–Crippen LogP) is 6.47. The van der Waals surface area contributed by atoms with Gasteiger partial charge in [0.05, 0.1) is 30.8 Å². The first kappa shape index (κ1) is 40.0. The van der Waals surface area contributed by atoms with Crippen molar-refractivity contribution >= 4 is 33.2 Å². The normalized spacial score (nSPS) is 33.3. The number of carbonyl (C=O) groups is 1. The topological polar surface area (TPSA) is 101 Å². The molecule has 2 aliphatic carbocycles. The number of nitrogens with zero attached hydrogens (tertiary/aromatic N) is 3. The highest BCUT2D eigenvalue weighted by molar-refractivity contribution is 7.90. The van der Waals surface area contributed by atoms with E-state index in [2.05, 4.69) is 43.7 Å². The number of piperazine rings is 1. The number of methoxy groups -OCH3 is 1. The van der Waals surface area contributed by atoms with Crippen LogP contribution in [0.4, 0.5) is 5.69 Å². The summed E-state index contributed by atoms with van der Waals surface area (Å²) in [5.41, 5.74) is 3.58. The van der Waals surface area contributed by atoms with Crippen LogP contribution in [-0.4, -0.2) is 107 Å². The molecule has 1 N–H and O–H groups in total. The van der Waals surface area contributed by atoms with Gasteiger partial charge in [0.2, 0.25) is 10.0 Å². The number of halogens is 1. The van der Waals surface area contributed by atoms with Crippen molar-refractivity contribution < 1.29 is 27.4 Å². The van der Waals surface area contributed by atoms with Crippen molar-refractivity contribution in [1.82, 2.24) is 14.5 Å². The van der Waals surface area contributed by atoms with Crippen LogP contribution in [0.15, 0.2) is 78.9 Å². The maximum Gasteiger partial charge on any atom is 0.264 e. The van der Waals surface area contributed by atoms with Crippen LogP contribution in [0.1, 0.15) is 66.1 Å². The number of amides is 1. The number of ether oxygens (including phenoxy) is 3. The molecule has 1 amide bonds. The molecule has 1 saturated carbocycles. The van der Waals surface area contributed by atoms with Gasteiger partial charge in [-0.1, -0.05) is 61.0 Å². The molecule has 1 spiro atoms. The molecular weight excluding hydrogens is 772 g/mol. The Hall–Kier alpha value is -3.45. The quantitative estimate of drug-likeness (QED) is 0.297. The van der Waals surface area contributed by atoms with E-state index in [1.54, 1.807) is 6.07 Å². The lowest BCUT2D eigenvalue weighted by Crippen LogP contribution is -2.67. The number of hydrogen-bond acceptors (Lipinski definition) is 9. The number of morpholine rings is 1. The molecule has 3 aromatic rings. The number of hydrogen-bond donors (Lipinski definition) is 1. The highest BCUT2D eigenvalue weighted by Crippen LogP contribution is 2.50. The number of allylic oxidation sites excluding steroid dienone is 1. The minimum Gasteiger partial charge on any atom is -0.490 e. The Kier molecular flexibility index (Phi) is 11.2. The molecule has 0 aromatic heterocycles. The van der Waals surface area contributed by atoms with E-state index in [1.807, 2.05) is 62.6 Å². The van der Waals surface area contributed by atoms with Crippen molar-refractivity contribution in [1.29, 1.82) is 0 Å². The molecule has 9 rings (SSSR count). The number of nitrogens with one attached hydrogen (secondary N) is 1. The van der Waals surface area contributed by atoms with Crippen LogP contribution in [0.3, 0.4) is 0 Å². The van der Waals surface area contributed by atoms with Crippen molar-refractivity contribution in [3.63, 3.8) is 0 Å². The molecule has 2 bridgehead atoms. The minimum atomic E-state index is -4.12. The Bertz CT molecular complexity index is 2140. The predicted molar refractivity (Wildman–Crippen MR) is 227 cm³/mol. The Labute approximate surface area is 348 Å². The van der Waals surface area contributed by atoms with Gasteiger partial charge in [-0.3, -0.25) is 14.6 Å². The molecule has 58 heavy (non-hydrogen) atoms. The lowest BCUT2D eigenvalue weighted by molar-refractivity contribution is -0.195. The number of aryl methyl sites for hydroxylation is 1. The first-order chi connectivity index (χ1) is 28.1. The van der Waals surface area contributed by atoms with Crippen LogP contribution >= 0.6 is 11.6 Å². The van der Waals surface area contributed by atoms with Gasteiger partial charge in [-0.25, -0.2) is 13.1 Å². The van der Waals surface area contributed by atoms with Crippen LogP contribution in [0.2, 0.25) is 5.02 Å². The van der Waals surface area contributed by atoms with Crippen LogP contribution in [-0.2, 0) is 37.8 Å². The molecule has 4 heterocycles. The number of carbonyl (C=O) groups excluding carboxylic acids is 1. The fraction of sp³-hybridized carbons (Fsp3) is 0.543. The van der Waals surface area contributed by atoms with Crippen LogP contribution in [0.5, 0.6) is 5.75 Å². The van der Waals surface area contributed by atoms with Gasteiger partial charge in [-0.05, 0) is 110 Å². The highest BCUT2D eigenvalue weighted by Gasteiger charge is 2.53. The summed E-state index contributed by atoms with van der Waals surface area (Å²) < 4.78 is 51.0. The third kappa shape index (κ3) is 7.49. The fourth-order valence-corrected chi connectivity index (χ4v) is 12.9. The Morgan fingerprint density at radius 1 is 1.02 bits per heavy atom. The summed E-state index contributed by atoms with van der Waals surface area (Å²) in [5, 5.41) is -0.111. The molecule has 0 radical (unpaired) electrons. The van der Waals surface area contributed by atoms with Gasteiger partial charge in [-0.15, -0.1) is 0 Å². The standard InChI is InChI=1S/C46H57ClN4O6S/c1-32-8-6-19-46(55-2,51-21-20-49-22-23-56-29-38(49)28-51)40-15-12-36(40)27-50-30-45(18-7-11-34-25-37(47)14-16-39(34)45)31-57-42-17-13-35(26-41(42)50)44(52)48-58(53,54)43(32)24-33-9-4-3-5-10-33/h3-6,9-10,13-14,16-17,19,25-26,32,36,38,40,43H,7-8,11-12,15,18,20-24,27-31H2,1-2H3,(H,48,52)/b19-6+/t32-,36-,38-,40+,43+,45-,46+/m0/s1. The average molecular weight is 830 g/mol. The molecule has 0 unspecified atom stereocenters. The van der Waals surface area contributed by atoms with E-state index in [0.717, 1.165) is 87.7 Å². The molecule has 2 saturated heterocycles. The van der Waals surface area contributed by atoms with Gasteiger partial charge in [-0.2, -0.15) is 0 Å². The van der Waals surface area contributed by atoms with E-state index in [1.165, 1.54) is 11.1 Å². The van der Waals surface area contributed by atoms with Gasteiger partial charge in [0, 0.05) is 74.3 Å². The molecule has 3 aromatic carbocycles. The molecule has 3 fully saturated rings. The SMILES string of the molecule is CO[C@]1(N2CCN3CCOC[C@@H]3C2)/C=C/C[C@H](C)[C@@H](Cc2ccccc2)S(=O)(=O)NC(=O)c2ccc3c(c2)N(C[C@@H]2CC[C@H]21)C[C@@]1(CCCc2cc(Cl)ccc21)CO3. The summed E-state index contributed by atoms with van der Waals surface area (Å²) in [6, 6.07) is 21.7.